The van der Waals surface area contributed by atoms with Crippen LogP contribution in [-0.2, 0) is 9.53 Å². The molecule has 112 valence electrons. The number of rotatable bonds is 9. The van der Waals surface area contributed by atoms with Gasteiger partial charge in [-0.05, 0) is 32.4 Å². The van der Waals surface area contributed by atoms with Crippen molar-refractivity contribution in [2.24, 2.45) is 0 Å². The van der Waals surface area contributed by atoms with Gasteiger partial charge in [-0.1, -0.05) is 36.8 Å². The first kappa shape index (κ1) is 17.1. The summed E-state index contributed by atoms with van der Waals surface area (Å²) in [5, 5.41) is 3.54. The Kier molecular flexibility index (Phi) is 8.38. The SMILES string of the molecule is CCCNC(CSCC(=O)OCC)c1ccc(C)cc1. The third kappa shape index (κ3) is 6.44. The van der Waals surface area contributed by atoms with E-state index in [0.29, 0.717) is 12.4 Å². The van der Waals surface area contributed by atoms with Crippen molar-refractivity contribution in [1.82, 2.24) is 5.32 Å². The van der Waals surface area contributed by atoms with Crippen LogP contribution in [0.25, 0.3) is 0 Å². The molecule has 3 nitrogen and oxygen atoms in total. The Labute approximate surface area is 126 Å². The first-order chi connectivity index (χ1) is 9.67. The second kappa shape index (κ2) is 9.83. The lowest BCUT2D eigenvalue weighted by Gasteiger charge is -2.18. The standard InChI is InChI=1S/C16H25NO2S/c1-4-10-17-15(11-20-12-16(18)19-5-2)14-8-6-13(3)7-9-14/h6-9,15,17H,4-5,10-12H2,1-3H3. The van der Waals surface area contributed by atoms with E-state index in [9.17, 15) is 4.79 Å². The topological polar surface area (TPSA) is 38.3 Å². The predicted molar refractivity (Wildman–Crippen MR) is 86.2 cm³/mol. The molecule has 1 aromatic carbocycles. The molecule has 20 heavy (non-hydrogen) atoms. The predicted octanol–water partition coefficient (Wildman–Crippen LogP) is 3.33. The van der Waals surface area contributed by atoms with E-state index >= 15 is 0 Å². The van der Waals surface area contributed by atoms with Gasteiger partial charge in [0.15, 0.2) is 0 Å². The van der Waals surface area contributed by atoms with Gasteiger partial charge < -0.3 is 10.1 Å². The normalized spacial score (nSPS) is 12.2. The molecule has 0 saturated heterocycles. The molecule has 0 saturated carbocycles. The molecule has 1 aromatic rings. The number of carbonyl (C=O) groups is 1. The third-order valence-corrected chi connectivity index (χ3v) is 3.94. The summed E-state index contributed by atoms with van der Waals surface area (Å²) in [5.74, 6) is 1.17. The maximum atomic E-state index is 11.4. The fourth-order valence-electron chi connectivity index (χ4n) is 1.85. The van der Waals surface area contributed by atoms with E-state index in [0.717, 1.165) is 18.7 Å². The van der Waals surface area contributed by atoms with Crippen LogP contribution in [0.3, 0.4) is 0 Å². The van der Waals surface area contributed by atoms with E-state index < -0.39 is 0 Å². The highest BCUT2D eigenvalue weighted by molar-refractivity contribution is 7.99. The molecule has 0 fully saturated rings. The molecule has 0 aromatic heterocycles. The van der Waals surface area contributed by atoms with Crippen molar-refractivity contribution < 1.29 is 9.53 Å². The zero-order chi connectivity index (χ0) is 14.8. The zero-order valence-corrected chi connectivity index (χ0v) is 13.5. The minimum atomic E-state index is -0.129. The van der Waals surface area contributed by atoms with Crippen LogP contribution in [0.4, 0.5) is 0 Å². The number of carbonyl (C=O) groups excluding carboxylic acids is 1. The van der Waals surface area contributed by atoms with Crippen LogP contribution in [0, 0.1) is 6.92 Å². The molecule has 1 N–H and O–H groups in total. The molecule has 0 aliphatic carbocycles. The maximum absolute atomic E-state index is 11.4. The Morgan fingerprint density at radius 2 is 2.00 bits per heavy atom. The lowest BCUT2D eigenvalue weighted by molar-refractivity contribution is -0.139. The summed E-state index contributed by atoms with van der Waals surface area (Å²) in [4.78, 5) is 11.4. The molecule has 1 atom stereocenters. The van der Waals surface area contributed by atoms with E-state index in [1.807, 2.05) is 6.92 Å². The van der Waals surface area contributed by atoms with E-state index in [2.05, 4.69) is 43.4 Å². The summed E-state index contributed by atoms with van der Waals surface area (Å²) in [5.41, 5.74) is 2.54. The van der Waals surface area contributed by atoms with Crippen LogP contribution in [0.15, 0.2) is 24.3 Å². The Hall–Kier alpha value is -1.00. The van der Waals surface area contributed by atoms with Gasteiger partial charge in [0, 0.05) is 11.8 Å². The molecule has 1 rings (SSSR count). The first-order valence-electron chi connectivity index (χ1n) is 7.20. The molecule has 0 aliphatic rings. The number of esters is 1. The number of hydrogen-bond donors (Lipinski definition) is 1. The Morgan fingerprint density at radius 1 is 1.30 bits per heavy atom. The lowest BCUT2D eigenvalue weighted by atomic mass is 10.1. The second-order valence-electron chi connectivity index (χ2n) is 4.74. The van der Waals surface area contributed by atoms with Crippen LogP contribution in [0.5, 0.6) is 0 Å². The van der Waals surface area contributed by atoms with Crippen LogP contribution >= 0.6 is 11.8 Å². The minimum absolute atomic E-state index is 0.129. The molecule has 1 unspecified atom stereocenters. The Balaban J connectivity index is 2.51. The quantitative estimate of drug-likeness (QED) is 0.709. The van der Waals surface area contributed by atoms with Crippen LogP contribution in [0.2, 0.25) is 0 Å². The fraction of sp³-hybridized carbons (Fsp3) is 0.562. The van der Waals surface area contributed by atoms with Crippen molar-refractivity contribution >= 4 is 17.7 Å². The number of nitrogens with one attached hydrogen (secondary N) is 1. The van der Waals surface area contributed by atoms with Gasteiger partial charge in [-0.15, -0.1) is 11.8 Å². The summed E-state index contributed by atoms with van der Waals surface area (Å²) >= 11 is 1.62. The molecular formula is C16H25NO2S. The van der Waals surface area contributed by atoms with Crippen molar-refractivity contribution in [3.05, 3.63) is 35.4 Å². The molecule has 0 bridgehead atoms. The lowest BCUT2D eigenvalue weighted by Crippen LogP contribution is -2.24. The number of benzene rings is 1. The number of thioether (sulfide) groups is 1. The number of hydrogen-bond acceptors (Lipinski definition) is 4. The molecule has 0 spiro atoms. The van der Waals surface area contributed by atoms with Gasteiger partial charge in [-0.2, -0.15) is 0 Å². The third-order valence-electron chi connectivity index (χ3n) is 2.93. The summed E-state index contributed by atoms with van der Waals surface area (Å²) in [6, 6.07) is 8.87. The Morgan fingerprint density at radius 3 is 2.60 bits per heavy atom. The first-order valence-corrected chi connectivity index (χ1v) is 8.36. The monoisotopic (exact) mass is 295 g/mol. The van der Waals surface area contributed by atoms with Gasteiger partial charge in [-0.3, -0.25) is 4.79 Å². The van der Waals surface area contributed by atoms with Crippen molar-refractivity contribution in [1.29, 1.82) is 0 Å². The molecular weight excluding hydrogens is 270 g/mol. The van der Waals surface area contributed by atoms with Crippen LogP contribution in [0.1, 0.15) is 37.4 Å². The van der Waals surface area contributed by atoms with Gasteiger partial charge in [-0.25, -0.2) is 0 Å². The molecule has 0 heterocycles. The van der Waals surface area contributed by atoms with Gasteiger partial charge in [0.05, 0.1) is 12.4 Å². The number of aryl methyl sites for hydroxylation is 1. The van der Waals surface area contributed by atoms with Crippen molar-refractivity contribution in [3.63, 3.8) is 0 Å². The number of ether oxygens (including phenoxy) is 1. The van der Waals surface area contributed by atoms with Crippen molar-refractivity contribution in [2.45, 2.75) is 33.2 Å². The summed E-state index contributed by atoms with van der Waals surface area (Å²) in [6.07, 6.45) is 1.10. The van der Waals surface area contributed by atoms with Gasteiger partial charge in [0.2, 0.25) is 0 Å². The average Bonchev–Trinajstić information content (AvgIpc) is 2.44. The van der Waals surface area contributed by atoms with E-state index in [1.54, 1.807) is 11.8 Å². The van der Waals surface area contributed by atoms with Crippen molar-refractivity contribution in [3.8, 4) is 0 Å². The average molecular weight is 295 g/mol. The molecule has 4 heteroatoms. The highest BCUT2D eigenvalue weighted by atomic mass is 32.2. The van der Waals surface area contributed by atoms with E-state index in [1.165, 1.54) is 11.1 Å². The van der Waals surface area contributed by atoms with Crippen LogP contribution in [-0.4, -0.2) is 30.6 Å². The summed E-state index contributed by atoms with van der Waals surface area (Å²) in [6.45, 7) is 7.52. The fourth-order valence-corrected chi connectivity index (χ4v) is 2.77. The maximum Gasteiger partial charge on any atom is 0.315 e. The molecule has 0 amide bonds. The second-order valence-corrected chi connectivity index (χ2v) is 5.77. The van der Waals surface area contributed by atoms with Gasteiger partial charge in [0.1, 0.15) is 0 Å². The van der Waals surface area contributed by atoms with Crippen LogP contribution < -0.4 is 5.32 Å². The summed E-state index contributed by atoms with van der Waals surface area (Å²) in [7, 11) is 0. The van der Waals surface area contributed by atoms with E-state index in [4.69, 9.17) is 4.74 Å². The largest absolute Gasteiger partial charge is 0.465 e. The van der Waals surface area contributed by atoms with Gasteiger partial charge >= 0.3 is 5.97 Å². The summed E-state index contributed by atoms with van der Waals surface area (Å²) < 4.78 is 4.95. The highest BCUT2D eigenvalue weighted by Crippen LogP contribution is 2.19. The highest BCUT2D eigenvalue weighted by Gasteiger charge is 2.12. The Bertz CT molecular complexity index is 392. The molecule has 0 aliphatic heterocycles. The van der Waals surface area contributed by atoms with E-state index in [-0.39, 0.29) is 12.0 Å². The minimum Gasteiger partial charge on any atom is -0.465 e. The molecule has 0 radical (unpaired) electrons. The van der Waals surface area contributed by atoms with Gasteiger partial charge in [0.25, 0.3) is 0 Å². The smallest absolute Gasteiger partial charge is 0.315 e. The van der Waals surface area contributed by atoms with Crippen molar-refractivity contribution in [2.75, 3.05) is 24.7 Å². The zero-order valence-electron chi connectivity index (χ0n) is 12.6.